The summed E-state index contributed by atoms with van der Waals surface area (Å²) >= 11 is 6.02. The molecule has 0 saturated carbocycles. The SMILES string of the molecule is Cc1cnc(N2CCN(C(=O)OC(C)(C)C)CC2)nc1Cl. The molecule has 1 aliphatic rings. The summed E-state index contributed by atoms with van der Waals surface area (Å²) < 4.78 is 5.37. The fraction of sp³-hybridized carbons (Fsp3) is 0.643. The lowest BCUT2D eigenvalue weighted by atomic mass is 10.2. The quantitative estimate of drug-likeness (QED) is 0.746. The fourth-order valence-electron chi connectivity index (χ4n) is 1.98. The number of anilines is 1. The van der Waals surface area contributed by atoms with E-state index < -0.39 is 5.60 Å². The summed E-state index contributed by atoms with van der Waals surface area (Å²) in [6.45, 7) is 9.97. The Hall–Kier alpha value is -1.56. The van der Waals surface area contributed by atoms with Gasteiger partial charge in [-0.3, -0.25) is 0 Å². The first-order chi connectivity index (χ1) is 9.76. The molecule has 0 unspecified atom stereocenters. The Bertz CT molecular complexity index is 522. The number of hydrogen-bond donors (Lipinski definition) is 0. The van der Waals surface area contributed by atoms with Gasteiger partial charge in [0.05, 0.1) is 0 Å². The summed E-state index contributed by atoms with van der Waals surface area (Å²) in [4.78, 5) is 24.3. The zero-order valence-corrected chi connectivity index (χ0v) is 13.6. The summed E-state index contributed by atoms with van der Waals surface area (Å²) in [6, 6.07) is 0. The van der Waals surface area contributed by atoms with Crippen molar-refractivity contribution >= 4 is 23.6 Å². The van der Waals surface area contributed by atoms with Crippen LogP contribution in [0.25, 0.3) is 0 Å². The Morgan fingerprint density at radius 1 is 1.29 bits per heavy atom. The molecule has 0 aliphatic carbocycles. The number of amides is 1. The highest BCUT2D eigenvalue weighted by Gasteiger charge is 2.26. The summed E-state index contributed by atoms with van der Waals surface area (Å²) in [5, 5.41) is 0.467. The van der Waals surface area contributed by atoms with Gasteiger partial charge in [-0.25, -0.2) is 14.8 Å². The first kappa shape index (κ1) is 15.8. The van der Waals surface area contributed by atoms with Gasteiger partial charge >= 0.3 is 6.09 Å². The summed E-state index contributed by atoms with van der Waals surface area (Å²) in [7, 11) is 0. The molecule has 0 spiro atoms. The van der Waals surface area contributed by atoms with Crippen LogP contribution in [0.4, 0.5) is 10.7 Å². The van der Waals surface area contributed by atoms with Gasteiger partial charge in [0.15, 0.2) is 0 Å². The predicted octanol–water partition coefficient (Wildman–Crippen LogP) is 2.50. The molecule has 0 radical (unpaired) electrons. The molecule has 0 N–H and O–H groups in total. The summed E-state index contributed by atoms with van der Waals surface area (Å²) in [5.74, 6) is 0.606. The Balaban J connectivity index is 1.94. The van der Waals surface area contributed by atoms with E-state index in [9.17, 15) is 4.79 Å². The van der Waals surface area contributed by atoms with Gasteiger partial charge in [-0.2, -0.15) is 0 Å². The van der Waals surface area contributed by atoms with Crippen molar-refractivity contribution < 1.29 is 9.53 Å². The molecule has 0 aromatic carbocycles. The maximum atomic E-state index is 12.0. The monoisotopic (exact) mass is 312 g/mol. The van der Waals surface area contributed by atoms with Crippen molar-refractivity contribution in [3.05, 3.63) is 16.9 Å². The van der Waals surface area contributed by atoms with E-state index in [4.69, 9.17) is 16.3 Å². The summed E-state index contributed by atoms with van der Waals surface area (Å²) in [6.07, 6.45) is 1.44. The van der Waals surface area contributed by atoms with E-state index >= 15 is 0 Å². The van der Waals surface area contributed by atoms with E-state index in [1.54, 1.807) is 11.1 Å². The van der Waals surface area contributed by atoms with Gasteiger partial charge in [0.2, 0.25) is 5.95 Å². The first-order valence-electron chi connectivity index (χ1n) is 6.98. The van der Waals surface area contributed by atoms with Crippen molar-refractivity contribution in [2.75, 3.05) is 31.1 Å². The van der Waals surface area contributed by atoms with Crippen LogP contribution in [0.3, 0.4) is 0 Å². The molecular formula is C14H21ClN4O2. The normalized spacial score (nSPS) is 16.0. The molecule has 21 heavy (non-hydrogen) atoms. The Morgan fingerprint density at radius 2 is 1.90 bits per heavy atom. The van der Waals surface area contributed by atoms with Crippen LogP contribution in [-0.2, 0) is 4.74 Å². The second-order valence-corrected chi connectivity index (χ2v) is 6.46. The lowest BCUT2D eigenvalue weighted by Crippen LogP contribution is -2.50. The van der Waals surface area contributed by atoms with Gasteiger partial charge in [0, 0.05) is 37.9 Å². The minimum absolute atomic E-state index is 0.273. The molecule has 7 heteroatoms. The molecule has 2 rings (SSSR count). The Morgan fingerprint density at radius 3 is 2.43 bits per heavy atom. The molecule has 1 fully saturated rings. The van der Waals surface area contributed by atoms with Gasteiger partial charge in [-0.15, -0.1) is 0 Å². The van der Waals surface area contributed by atoms with Crippen molar-refractivity contribution in [2.45, 2.75) is 33.3 Å². The second-order valence-electron chi connectivity index (χ2n) is 6.10. The van der Waals surface area contributed by atoms with Crippen LogP contribution in [0.1, 0.15) is 26.3 Å². The van der Waals surface area contributed by atoms with E-state index in [0.717, 1.165) is 5.56 Å². The highest BCUT2D eigenvalue weighted by atomic mass is 35.5. The standard InChI is InChI=1S/C14H21ClN4O2/c1-10-9-16-12(17-11(10)15)18-5-7-19(8-6-18)13(20)21-14(2,3)4/h9H,5-8H2,1-4H3. The van der Waals surface area contributed by atoms with Crippen LogP contribution in [0, 0.1) is 6.92 Å². The number of ether oxygens (including phenoxy) is 1. The number of hydrogen-bond acceptors (Lipinski definition) is 5. The molecule has 116 valence electrons. The van der Waals surface area contributed by atoms with Crippen molar-refractivity contribution in [1.29, 1.82) is 0 Å². The topological polar surface area (TPSA) is 58.6 Å². The van der Waals surface area contributed by atoms with Crippen LogP contribution >= 0.6 is 11.6 Å². The van der Waals surface area contributed by atoms with Gasteiger partial charge < -0.3 is 14.5 Å². The third-order valence-corrected chi connectivity index (χ3v) is 3.49. The maximum absolute atomic E-state index is 12.0. The number of aryl methyl sites for hydroxylation is 1. The Kier molecular flexibility index (Phi) is 4.56. The minimum atomic E-state index is -0.470. The number of carbonyl (C=O) groups is 1. The zero-order chi connectivity index (χ0) is 15.6. The molecule has 1 saturated heterocycles. The molecule has 1 aliphatic heterocycles. The number of rotatable bonds is 1. The fourth-order valence-corrected chi connectivity index (χ4v) is 2.10. The number of carbonyl (C=O) groups excluding carboxylic acids is 1. The zero-order valence-electron chi connectivity index (χ0n) is 12.9. The van der Waals surface area contributed by atoms with Crippen molar-refractivity contribution in [2.24, 2.45) is 0 Å². The van der Waals surface area contributed by atoms with Gasteiger partial charge in [-0.05, 0) is 27.7 Å². The Labute approximate surface area is 130 Å². The van der Waals surface area contributed by atoms with Gasteiger partial charge in [-0.1, -0.05) is 11.6 Å². The highest BCUT2D eigenvalue weighted by Crippen LogP contribution is 2.18. The van der Waals surface area contributed by atoms with Crippen LogP contribution in [0.2, 0.25) is 5.15 Å². The molecule has 1 aromatic heterocycles. The third kappa shape index (κ3) is 4.20. The molecule has 2 heterocycles. The molecule has 0 atom stereocenters. The minimum Gasteiger partial charge on any atom is -0.444 e. The molecule has 0 bridgehead atoms. The number of piperazine rings is 1. The van der Waals surface area contributed by atoms with Gasteiger partial charge in [0.25, 0.3) is 0 Å². The van der Waals surface area contributed by atoms with Crippen molar-refractivity contribution in [3.8, 4) is 0 Å². The predicted molar refractivity (Wildman–Crippen MR) is 81.8 cm³/mol. The van der Waals surface area contributed by atoms with E-state index in [0.29, 0.717) is 37.3 Å². The number of halogens is 1. The average Bonchev–Trinajstić information content (AvgIpc) is 2.40. The smallest absolute Gasteiger partial charge is 0.410 e. The third-order valence-electron chi connectivity index (χ3n) is 3.11. The molecule has 1 aromatic rings. The average molecular weight is 313 g/mol. The largest absolute Gasteiger partial charge is 0.444 e. The van der Waals surface area contributed by atoms with Crippen LogP contribution in [0.15, 0.2) is 6.20 Å². The van der Waals surface area contributed by atoms with Crippen LogP contribution < -0.4 is 4.90 Å². The number of nitrogens with zero attached hydrogens (tertiary/aromatic N) is 4. The molecule has 6 nitrogen and oxygen atoms in total. The first-order valence-corrected chi connectivity index (χ1v) is 7.36. The highest BCUT2D eigenvalue weighted by molar-refractivity contribution is 6.30. The molecular weight excluding hydrogens is 292 g/mol. The van der Waals surface area contributed by atoms with E-state index in [-0.39, 0.29) is 6.09 Å². The molecule has 1 amide bonds. The maximum Gasteiger partial charge on any atom is 0.410 e. The van der Waals surface area contributed by atoms with Crippen molar-refractivity contribution in [3.63, 3.8) is 0 Å². The summed E-state index contributed by atoms with van der Waals surface area (Å²) in [5.41, 5.74) is 0.384. The van der Waals surface area contributed by atoms with Crippen molar-refractivity contribution in [1.82, 2.24) is 14.9 Å². The van der Waals surface area contributed by atoms with Crippen LogP contribution in [0.5, 0.6) is 0 Å². The van der Waals surface area contributed by atoms with E-state index in [1.165, 1.54) is 0 Å². The van der Waals surface area contributed by atoms with E-state index in [2.05, 4.69) is 9.97 Å². The van der Waals surface area contributed by atoms with E-state index in [1.807, 2.05) is 32.6 Å². The number of aromatic nitrogens is 2. The lowest BCUT2D eigenvalue weighted by molar-refractivity contribution is 0.0240. The van der Waals surface area contributed by atoms with Crippen LogP contribution in [-0.4, -0.2) is 52.7 Å². The lowest BCUT2D eigenvalue weighted by Gasteiger charge is -2.35. The second kappa shape index (κ2) is 6.05. The van der Waals surface area contributed by atoms with Gasteiger partial charge in [0.1, 0.15) is 10.8 Å².